The molecule has 1 amide bonds. The van der Waals surface area contributed by atoms with E-state index in [4.69, 9.17) is 0 Å². The molecule has 0 atom stereocenters. The molecule has 0 aromatic heterocycles. The minimum Gasteiger partial charge on any atom is -0.326 e. The third-order valence-electron chi connectivity index (χ3n) is 2.47. The lowest BCUT2D eigenvalue weighted by Gasteiger charge is -2.17. The van der Waals surface area contributed by atoms with Gasteiger partial charge in [-0.15, -0.1) is 0 Å². The van der Waals surface area contributed by atoms with Crippen LogP contribution >= 0.6 is 0 Å². The van der Waals surface area contributed by atoms with E-state index in [0.717, 1.165) is 18.8 Å². The lowest BCUT2D eigenvalue weighted by Crippen LogP contribution is -2.27. The van der Waals surface area contributed by atoms with E-state index in [1.54, 1.807) is 0 Å². The van der Waals surface area contributed by atoms with Crippen LogP contribution in [-0.4, -0.2) is 12.5 Å². The molecule has 0 saturated carbocycles. The topological polar surface area (TPSA) is 41.1 Å². The third-order valence-corrected chi connectivity index (χ3v) is 2.47. The number of benzene rings is 1. The number of carbonyl (C=O) groups excluding carboxylic acids is 1. The van der Waals surface area contributed by atoms with E-state index in [2.05, 4.69) is 17.6 Å². The minimum atomic E-state index is -0.359. The normalized spacial score (nSPS) is 11.3. The second-order valence-electron chi connectivity index (χ2n) is 5.18. The average Bonchev–Trinajstić information content (AvgIpc) is 2.27. The largest absolute Gasteiger partial charge is 0.326 e. The molecule has 0 radical (unpaired) electrons. The van der Waals surface area contributed by atoms with Crippen molar-refractivity contribution in [1.82, 2.24) is 5.32 Å². The van der Waals surface area contributed by atoms with Gasteiger partial charge in [-0.1, -0.05) is 39.8 Å². The Morgan fingerprint density at radius 2 is 1.76 bits per heavy atom. The van der Waals surface area contributed by atoms with Gasteiger partial charge in [-0.25, -0.2) is 0 Å². The third kappa shape index (κ3) is 4.57. The van der Waals surface area contributed by atoms with Gasteiger partial charge >= 0.3 is 0 Å². The highest BCUT2D eigenvalue weighted by molar-refractivity contribution is 5.94. The summed E-state index contributed by atoms with van der Waals surface area (Å²) in [6.45, 7) is 9.62. The van der Waals surface area contributed by atoms with Crippen LogP contribution in [-0.2, 0) is 11.3 Å². The zero-order valence-corrected chi connectivity index (χ0v) is 11.1. The first-order chi connectivity index (χ1) is 7.93. The molecule has 1 rings (SSSR count). The molecule has 0 bridgehead atoms. The van der Waals surface area contributed by atoms with Crippen molar-refractivity contribution in [2.75, 3.05) is 11.9 Å². The van der Waals surface area contributed by atoms with Gasteiger partial charge in [0.15, 0.2) is 0 Å². The first kappa shape index (κ1) is 13.7. The number of hydrogen-bond donors (Lipinski definition) is 2. The van der Waals surface area contributed by atoms with Crippen LogP contribution in [0.2, 0.25) is 0 Å². The van der Waals surface area contributed by atoms with Crippen LogP contribution in [0, 0.1) is 5.41 Å². The maximum absolute atomic E-state index is 11.8. The summed E-state index contributed by atoms with van der Waals surface area (Å²) in [5.74, 6) is 0.0388. The van der Waals surface area contributed by atoms with E-state index >= 15 is 0 Å². The molecule has 1 aromatic rings. The van der Waals surface area contributed by atoms with Crippen molar-refractivity contribution < 1.29 is 4.79 Å². The summed E-state index contributed by atoms with van der Waals surface area (Å²) in [4.78, 5) is 11.8. The van der Waals surface area contributed by atoms with Crippen LogP contribution < -0.4 is 10.6 Å². The fourth-order valence-electron chi connectivity index (χ4n) is 1.29. The van der Waals surface area contributed by atoms with Crippen molar-refractivity contribution >= 4 is 11.6 Å². The van der Waals surface area contributed by atoms with Gasteiger partial charge in [-0.3, -0.25) is 4.79 Å². The predicted molar refractivity (Wildman–Crippen MR) is 71.9 cm³/mol. The maximum Gasteiger partial charge on any atom is 0.229 e. The summed E-state index contributed by atoms with van der Waals surface area (Å²) in [5, 5.41) is 6.17. The van der Waals surface area contributed by atoms with Crippen LogP contribution in [0.3, 0.4) is 0 Å². The van der Waals surface area contributed by atoms with Crippen molar-refractivity contribution in [2.45, 2.75) is 34.2 Å². The molecule has 0 fully saturated rings. The average molecular weight is 234 g/mol. The summed E-state index contributed by atoms with van der Waals surface area (Å²) in [6, 6.07) is 7.94. The molecule has 0 unspecified atom stereocenters. The predicted octanol–water partition coefficient (Wildman–Crippen LogP) is 2.78. The summed E-state index contributed by atoms with van der Waals surface area (Å²) in [7, 11) is 0. The van der Waals surface area contributed by atoms with Gasteiger partial charge in [0, 0.05) is 17.6 Å². The Labute approximate surface area is 104 Å². The molecule has 0 saturated heterocycles. The summed E-state index contributed by atoms with van der Waals surface area (Å²) in [6.07, 6.45) is 0. The lowest BCUT2D eigenvalue weighted by atomic mass is 9.95. The molecule has 0 aliphatic heterocycles. The van der Waals surface area contributed by atoms with Gasteiger partial charge in [0.05, 0.1) is 0 Å². The minimum absolute atomic E-state index is 0.0388. The van der Waals surface area contributed by atoms with E-state index in [1.165, 1.54) is 5.56 Å². The number of nitrogens with one attached hydrogen (secondary N) is 2. The summed E-state index contributed by atoms with van der Waals surface area (Å²) in [5.41, 5.74) is 1.72. The van der Waals surface area contributed by atoms with Crippen molar-refractivity contribution in [2.24, 2.45) is 5.41 Å². The molecule has 3 nitrogen and oxygen atoms in total. The monoisotopic (exact) mass is 234 g/mol. The highest BCUT2D eigenvalue weighted by Crippen LogP contribution is 2.17. The molecule has 0 aliphatic rings. The van der Waals surface area contributed by atoms with Gasteiger partial charge in [-0.2, -0.15) is 0 Å². The van der Waals surface area contributed by atoms with Gasteiger partial charge < -0.3 is 10.6 Å². The molecule has 0 heterocycles. The van der Waals surface area contributed by atoms with Crippen LogP contribution in [0.5, 0.6) is 0 Å². The Hall–Kier alpha value is -1.35. The fraction of sp³-hybridized carbons (Fsp3) is 0.500. The van der Waals surface area contributed by atoms with Gasteiger partial charge in [0.1, 0.15) is 0 Å². The molecule has 3 heteroatoms. The Kier molecular flexibility index (Phi) is 4.70. The Bertz CT molecular complexity index is 363. The quantitative estimate of drug-likeness (QED) is 0.841. The molecule has 94 valence electrons. The zero-order chi connectivity index (χ0) is 12.9. The molecular weight excluding hydrogens is 212 g/mol. The molecular formula is C14H22N2O. The molecule has 0 spiro atoms. The summed E-state index contributed by atoms with van der Waals surface area (Å²) >= 11 is 0. The van der Waals surface area contributed by atoms with E-state index < -0.39 is 0 Å². The van der Waals surface area contributed by atoms with Crippen LogP contribution in [0.4, 0.5) is 5.69 Å². The number of amides is 1. The van der Waals surface area contributed by atoms with E-state index in [-0.39, 0.29) is 11.3 Å². The second kappa shape index (κ2) is 5.82. The highest BCUT2D eigenvalue weighted by Gasteiger charge is 2.20. The molecule has 1 aromatic carbocycles. The Morgan fingerprint density at radius 1 is 1.18 bits per heavy atom. The van der Waals surface area contributed by atoms with Gasteiger partial charge in [0.2, 0.25) is 5.91 Å². The SMILES string of the molecule is CCNCc1ccc(NC(=O)C(C)(C)C)cc1. The molecule has 0 aliphatic carbocycles. The number of anilines is 1. The van der Waals surface area contributed by atoms with E-state index in [1.807, 2.05) is 45.0 Å². The first-order valence-corrected chi connectivity index (χ1v) is 6.04. The van der Waals surface area contributed by atoms with Crippen LogP contribution in [0.25, 0.3) is 0 Å². The summed E-state index contributed by atoms with van der Waals surface area (Å²) < 4.78 is 0. The zero-order valence-electron chi connectivity index (χ0n) is 11.1. The van der Waals surface area contributed by atoms with Crippen LogP contribution in [0.15, 0.2) is 24.3 Å². The van der Waals surface area contributed by atoms with E-state index in [0.29, 0.717) is 0 Å². The first-order valence-electron chi connectivity index (χ1n) is 6.04. The number of hydrogen-bond acceptors (Lipinski definition) is 2. The lowest BCUT2D eigenvalue weighted by molar-refractivity contribution is -0.123. The highest BCUT2D eigenvalue weighted by atomic mass is 16.2. The van der Waals surface area contributed by atoms with Crippen molar-refractivity contribution in [1.29, 1.82) is 0 Å². The van der Waals surface area contributed by atoms with Gasteiger partial charge in [0.25, 0.3) is 0 Å². The molecule has 2 N–H and O–H groups in total. The van der Waals surface area contributed by atoms with Crippen molar-refractivity contribution in [3.63, 3.8) is 0 Å². The number of carbonyl (C=O) groups is 1. The number of rotatable bonds is 4. The fourth-order valence-corrected chi connectivity index (χ4v) is 1.29. The van der Waals surface area contributed by atoms with Crippen molar-refractivity contribution in [3.8, 4) is 0 Å². The van der Waals surface area contributed by atoms with Crippen LogP contribution in [0.1, 0.15) is 33.3 Å². The Balaban J connectivity index is 2.59. The standard InChI is InChI=1S/C14H22N2O/c1-5-15-10-11-6-8-12(9-7-11)16-13(17)14(2,3)4/h6-9,15H,5,10H2,1-4H3,(H,16,17). The van der Waals surface area contributed by atoms with E-state index in [9.17, 15) is 4.79 Å². The second-order valence-corrected chi connectivity index (χ2v) is 5.18. The Morgan fingerprint density at radius 3 is 2.24 bits per heavy atom. The van der Waals surface area contributed by atoms with Gasteiger partial charge in [-0.05, 0) is 24.2 Å². The maximum atomic E-state index is 11.8. The smallest absolute Gasteiger partial charge is 0.229 e. The van der Waals surface area contributed by atoms with Crippen molar-refractivity contribution in [3.05, 3.63) is 29.8 Å². The molecule has 17 heavy (non-hydrogen) atoms.